The Morgan fingerprint density at radius 1 is 1.26 bits per heavy atom. The smallest absolute Gasteiger partial charge is 0.223 e. The minimum Gasteiger partial charge on any atom is -0.399 e. The quantitative estimate of drug-likeness (QED) is 0.724. The lowest BCUT2D eigenvalue weighted by atomic mass is 10.3. The number of hydrogen-bond donors (Lipinski definition) is 1. The van der Waals surface area contributed by atoms with Gasteiger partial charge in [0, 0.05) is 25.6 Å². The molecule has 2 N–H and O–H groups in total. The zero-order chi connectivity index (χ0) is 13.4. The van der Waals surface area contributed by atoms with E-state index in [9.17, 15) is 0 Å². The Labute approximate surface area is 110 Å². The van der Waals surface area contributed by atoms with Gasteiger partial charge in [-0.3, -0.25) is 0 Å². The molecule has 6 heteroatoms. The van der Waals surface area contributed by atoms with Crippen molar-refractivity contribution in [1.29, 1.82) is 0 Å². The number of nitrogen functional groups attached to an aromatic ring is 1. The van der Waals surface area contributed by atoms with E-state index in [1.807, 2.05) is 25.1 Å². The Bertz CT molecular complexity index is 728. The lowest BCUT2D eigenvalue weighted by Crippen LogP contribution is -2.04. The molecule has 1 aromatic carbocycles. The van der Waals surface area contributed by atoms with Crippen LogP contribution in [0.25, 0.3) is 11.0 Å². The molecule has 2 aromatic heterocycles. The maximum Gasteiger partial charge on any atom is 0.223 e. The summed E-state index contributed by atoms with van der Waals surface area (Å²) in [4.78, 5) is 8.71. The van der Waals surface area contributed by atoms with Crippen LogP contribution in [0.3, 0.4) is 0 Å². The zero-order valence-corrected chi connectivity index (χ0v) is 10.9. The van der Waals surface area contributed by atoms with Crippen LogP contribution in [0.2, 0.25) is 0 Å². The van der Waals surface area contributed by atoms with E-state index in [-0.39, 0.29) is 0 Å². The molecule has 0 aliphatic rings. The van der Waals surface area contributed by atoms with Gasteiger partial charge < -0.3 is 14.8 Å². The van der Waals surface area contributed by atoms with Crippen molar-refractivity contribution < 1.29 is 4.52 Å². The van der Waals surface area contributed by atoms with Crippen molar-refractivity contribution in [3.63, 3.8) is 0 Å². The second-order valence-electron chi connectivity index (χ2n) is 4.54. The van der Waals surface area contributed by atoms with Gasteiger partial charge in [0.2, 0.25) is 5.89 Å². The number of hydrogen-bond acceptors (Lipinski definition) is 5. The first-order chi connectivity index (χ1) is 9.13. The van der Waals surface area contributed by atoms with Crippen LogP contribution in [-0.4, -0.2) is 19.7 Å². The molecule has 0 radical (unpaired) electrons. The lowest BCUT2D eigenvalue weighted by Gasteiger charge is -2.04. The van der Waals surface area contributed by atoms with E-state index in [1.165, 1.54) is 0 Å². The Morgan fingerprint density at radius 2 is 2.11 bits per heavy atom. The minimum absolute atomic E-state index is 0.593. The lowest BCUT2D eigenvalue weighted by molar-refractivity contribution is 0.386. The van der Waals surface area contributed by atoms with Gasteiger partial charge in [0.15, 0.2) is 5.82 Å². The number of rotatable bonds is 3. The van der Waals surface area contributed by atoms with Crippen molar-refractivity contribution in [3.05, 3.63) is 35.7 Å². The largest absolute Gasteiger partial charge is 0.399 e. The van der Waals surface area contributed by atoms with E-state index in [1.54, 1.807) is 6.92 Å². The fourth-order valence-electron chi connectivity index (χ4n) is 2.20. The van der Waals surface area contributed by atoms with Crippen LogP contribution >= 0.6 is 0 Å². The molecule has 0 fully saturated rings. The summed E-state index contributed by atoms with van der Waals surface area (Å²) < 4.78 is 7.10. The van der Waals surface area contributed by atoms with Crippen molar-refractivity contribution in [2.75, 3.05) is 5.73 Å². The number of aryl methyl sites for hydroxylation is 4. The van der Waals surface area contributed by atoms with Gasteiger partial charge in [-0.05, 0) is 25.1 Å². The summed E-state index contributed by atoms with van der Waals surface area (Å²) in [6, 6.07) is 5.77. The fraction of sp³-hybridized carbons (Fsp3) is 0.308. The van der Waals surface area contributed by atoms with Gasteiger partial charge in [-0.2, -0.15) is 4.98 Å². The molecule has 0 spiro atoms. The van der Waals surface area contributed by atoms with Crippen LogP contribution in [0.1, 0.15) is 17.5 Å². The summed E-state index contributed by atoms with van der Waals surface area (Å²) in [7, 11) is 0. The minimum atomic E-state index is 0.593. The molecule has 19 heavy (non-hydrogen) atoms. The fourth-order valence-corrected chi connectivity index (χ4v) is 2.20. The molecule has 0 atom stereocenters. The predicted molar refractivity (Wildman–Crippen MR) is 71.6 cm³/mol. The second-order valence-corrected chi connectivity index (χ2v) is 4.54. The van der Waals surface area contributed by atoms with Crippen molar-refractivity contribution in [3.8, 4) is 0 Å². The van der Waals surface area contributed by atoms with Crippen molar-refractivity contribution >= 4 is 16.7 Å². The van der Waals surface area contributed by atoms with Crippen LogP contribution < -0.4 is 5.73 Å². The third kappa shape index (κ3) is 2.16. The molecule has 98 valence electrons. The maximum absolute atomic E-state index is 5.77. The molecule has 3 aromatic rings. The standard InChI is InChI=1S/C13H15N5O/c1-8-15-11-7-10(14)3-4-12(11)18(8)6-5-13-16-9(2)19-17-13/h3-4,7H,5-6,14H2,1-2H3. The van der Waals surface area contributed by atoms with E-state index in [2.05, 4.69) is 19.7 Å². The summed E-state index contributed by atoms with van der Waals surface area (Å²) in [6.45, 7) is 4.54. The first kappa shape index (κ1) is 11.7. The third-order valence-corrected chi connectivity index (χ3v) is 3.09. The molecular formula is C13H15N5O. The Balaban J connectivity index is 1.90. The highest BCUT2D eigenvalue weighted by Gasteiger charge is 2.09. The van der Waals surface area contributed by atoms with Gasteiger partial charge in [0.05, 0.1) is 11.0 Å². The molecule has 6 nitrogen and oxygen atoms in total. The first-order valence-corrected chi connectivity index (χ1v) is 6.15. The maximum atomic E-state index is 5.77. The number of nitrogens with two attached hydrogens (primary N) is 1. The van der Waals surface area contributed by atoms with Gasteiger partial charge in [0.1, 0.15) is 5.82 Å². The monoisotopic (exact) mass is 257 g/mol. The summed E-state index contributed by atoms with van der Waals surface area (Å²) in [5, 5.41) is 3.90. The molecule has 0 unspecified atom stereocenters. The molecule has 0 aliphatic heterocycles. The van der Waals surface area contributed by atoms with Crippen LogP contribution in [0, 0.1) is 13.8 Å². The molecule has 0 aliphatic carbocycles. The van der Waals surface area contributed by atoms with Gasteiger partial charge >= 0.3 is 0 Å². The Hall–Kier alpha value is -2.37. The average molecular weight is 257 g/mol. The highest BCUT2D eigenvalue weighted by atomic mass is 16.5. The second kappa shape index (κ2) is 4.38. The van der Waals surface area contributed by atoms with Crippen molar-refractivity contribution in [2.45, 2.75) is 26.8 Å². The summed E-state index contributed by atoms with van der Waals surface area (Å²) >= 11 is 0. The Morgan fingerprint density at radius 3 is 2.84 bits per heavy atom. The molecule has 2 heterocycles. The topological polar surface area (TPSA) is 82.8 Å². The first-order valence-electron chi connectivity index (χ1n) is 6.15. The highest BCUT2D eigenvalue weighted by molar-refractivity contribution is 5.79. The average Bonchev–Trinajstić information content (AvgIpc) is 2.89. The van der Waals surface area contributed by atoms with Gasteiger partial charge in [-0.1, -0.05) is 5.16 Å². The summed E-state index contributed by atoms with van der Waals surface area (Å²) in [6.07, 6.45) is 0.716. The van der Waals surface area contributed by atoms with E-state index in [0.29, 0.717) is 18.1 Å². The summed E-state index contributed by atoms with van der Waals surface area (Å²) in [5.74, 6) is 2.27. The highest BCUT2D eigenvalue weighted by Crippen LogP contribution is 2.19. The molecular weight excluding hydrogens is 242 g/mol. The molecule has 0 saturated carbocycles. The van der Waals surface area contributed by atoms with Crippen molar-refractivity contribution in [2.24, 2.45) is 0 Å². The normalized spacial score (nSPS) is 11.3. The molecule has 0 bridgehead atoms. The summed E-state index contributed by atoms with van der Waals surface area (Å²) in [5.41, 5.74) is 8.49. The SMILES string of the molecule is Cc1nc(CCn2c(C)nc3cc(N)ccc32)no1. The van der Waals surface area contributed by atoms with Crippen LogP contribution in [0.5, 0.6) is 0 Å². The van der Waals surface area contributed by atoms with E-state index in [0.717, 1.165) is 29.1 Å². The number of imidazole rings is 1. The van der Waals surface area contributed by atoms with E-state index in [4.69, 9.17) is 10.3 Å². The third-order valence-electron chi connectivity index (χ3n) is 3.09. The zero-order valence-electron chi connectivity index (χ0n) is 10.9. The number of nitrogens with zero attached hydrogens (tertiary/aromatic N) is 4. The van der Waals surface area contributed by atoms with E-state index < -0.39 is 0 Å². The van der Waals surface area contributed by atoms with Crippen LogP contribution in [0.4, 0.5) is 5.69 Å². The predicted octanol–water partition coefficient (Wildman–Crippen LogP) is 1.86. The van der Waals surface area contributed by atoms with Crippen LogP contribution in [-0.2, 0) is 13.0 Å². The number of aromatic nitrogens is 4. The number of anilines is 1. The number of fused-ring (bicyclic) bond motifs is 1. The van der Waals surface area contributed by atoms with E-state index >= 15 is 0 Å². The van der Waals surface area contributed by atoms with Crippen molar-refractivity contribution in [1.82, 2.24) is 19.7 Å². The van der Waals surface area contributed by atoms with Gasteiger partial charge in [0.25, 0.3) is 0 Å². The molecule has 0 amide bonds. The Kier molecular flexibility index (Phi) is 2.70. The van der Waals surface area contributed by atoms with Crippen LogP contribution in [0.15, 0.2) is 22.7 Å². The number of benzene rings is 1. The van der Waals surface area contributed by atoms with Gasteiger partial charge in [-0.25, -0.2) is 4.98 Å². The molecule has 0 saturated heterocycles. The van der Waals surface area contributed by atoms with Gasteiger partial charge in [-0.15, -0.1) is 0 Å². The molecule has 3 rings (SSSR count).